The lowest BCUT2D eigenvalue weighted by molar-refractivity contribution is -0.122. The van der Waals surface area contributed by atoms with Gasteiger partial charge in [-0.25, -0.2) is 0 Å². The number of aromatic amines is 1. The summed E-state index contributed by atoms with van der Waals surface area (Å²) < 4.78 is 22.0. The van der Waals surface area contributed by atoms with E-state index in [-0.39, 0.29) is 6.42 Å². The van der Waals surface area contributed by atoms with Crippen molar-refractivity contribution in [2.45, 2.75) is 12.5 Å². The normalized spacial score (nSPS) is 13.8. The first-order valence-corrected chi connectivity index (χ1v) is 10.8. The zero-order chi connectivity index (χ0) is 18.7. The van der Waals surface area contributed by atoms with Gasteiger partial charge in [0.2, 0.25) is 5.91 Å². The molecule has 0 aliphatic carbocycles. The van der Waals surface area contributed by atoms with Crippen molar-refractivity contribution in [1.82, 2.24) is 15.6 Å². The number of H-pyrrole nitrogens is 1. The molecule has 1 heterocycles. The number of rotatable bonds is 8. The van der Waals surface area contributed by atoms with Gasteiger partial charge in [0.1, 0.15) is 6.29 Å². The molecule has 138 valence electrons. The van der Waals surface area contributed by atoms with Crippen LogP contribution in [0.1, 0.15) is 5.56 Å². The van der Waals surface area contributed by atoms with Gasteiger partial charge < -0.3 is 29.9 Å². The molecule has 2 aromatic rings. The van der Waals surface area contributed by atoms with Gasteiger partial charge in [-0.2, -0.15) is 0 Å². The van der Waals surface area contributed by atoms with E-state index in [2.05, 4.69) is 15.6 Å². The van der Waals surface area contributed by atoms with E-state index in [1.54, 1.807) is 6.20 Å². The highest BCUT2D eigenvalue weighted by Crippen LogP contribution is 2.33. The number of fused-ring (bicyclic) bond motifs is 1. The van der Waals surface area contributed by atoms with Crippen LogP contribution in [0.5, 0.6) is 0 Å². The Morgan fingerprint density at radius 2 is 1.72 bits per heavy atom. The molecule has 7 N–H and O–H groups in total. The lowest BCUT2D eigenvalue weighted by Gasteiger charge is -2.19. The summed E-state index contributed by atoms with van der Waals surface area (Å²) in [6, 6.07) is 6.24. The predicted molar refractivity (Wildman–Crippen MR) is 90.9 cm³/mol. The molecule has 0 saturated carbocycles. The highest BCUT2D eigenvalue weighted by Gasteiger charge is 2.25. The van der Waals surface area contributed by atoms with Crippen molar-refractivity contribution in [3.8, 4) is 0 Å². The number of carbonyl (C=O) groups excluding carboxylic acids is 1. The van der Waals surface area contributed by atoms with Gasteiger partial charge >= 0.3 is 15.2 Å². The molecular formula is C13H19N3O7P2. The molecule has 0 fully saturated rings. The van der Waals surface area contributed by atoms with Crippen molar-refractivity contribution < 1.29 is 33.5 Å². The summed E-state index contributed by atoms with van der Waals surface area (Å²) in [4.78, 5) is 50.9. The molecule has 1 aromatic heterocycles. The quantitative estimate of drug-likeness (QED) is 0.309. The Kier molecular flexibility index (Phi) is 6.18. The highest BCUT2D eigenvalue weighted by atomic mass is 31.2. The number of amides is 1. The van der Waals surface area contributed by atoms with Crippen molar-refractivity contribution in [1.29, 1.82) is 0 Å². The molecule has 0 saturated heterocycles. The molecule has 0 aliphatic rings. The van der Waals surface area contributed by atoms with Crippen LogP contribution in [0.25, 0.3) is 10.9 Å². The zero-order valence-corrected chi connectivity index (χ0v) is 14.8. The second-order valence-corrected chi connectivity index (χ2v) is 8.80. The number of hydrogen-bond acceptors (Lipinski definition) is 4. The zero-order valence-electron chi connectivity index (χ0n) is 13.0. The average Bonchev–Trinajstić information content (AvgIpc) is 2.90. The molecule has 0 spiro atoms. The van der Waals surface area contributed by atoms with Gasteiger partial charge in [-0.05, 0) is 18.1 Å². The Balaban J connectivity index is 2.17. The van der Waals surface area contributed by atoms with E-state index in [0.29, 0.717) is 0 Å². The number of nitrogens with one attached hydrogen (secondary N) is 3. The Labute approximate surface area is 143 Å². The summed E-state index contributed by atoms with van der Waals surface area (Å²) in [5.74, 6) is -0.762. The first-order valence-electron chi connectivity index (χ1n) is 7.20. The molecule has 0 unspecified atom stereocenters. The molecule has 12 heteroatoms. The summed E-state index contributed by atoms with van der Waals surface area (Å²) in [6.07, 6.45) is 0.168. The summed E-state index contributed by atoms with van der Waals surface area (Å²) in [7, 11) is -8.84. The van der Waals surface area contributed by atoms with Crippen LogP contribution in [0.15, 0.2) is 30.5 Å². The fourth-order valence-corrected chi connectivity index (χ4v) is 3.13. The van der Waals surface area contributed by atoms with E-state index < -0.39 is 39.7 Å². The number of hydrogen-bond donors (Lipinski definition) is 7. The predicted octanol–water partition coefficient (Wildman–Crippen LogP) is 0.0552. The molecule has 1 amide bonds. The van der Waals surface area contributed by atoms with Crippen LogP contribution >= 0.6 is 15.2 Å². The van der Waals surface area contributed by atoms with Crippen LogP contribution in [0.4, 0.5) is 0 Å². The van der Waals surface area contributed by atoms with Gasteiger partial charge in [0.05, 0.1) is 12.3 Å². The first kappa shape index (κ1) is 19.8. The van der Waals surface area contributed by atoms with Crippen molar-refractivity contribution in [3.63, 3.8) is 0 Å². The number of para-hydroxylation sites is 1. The van der Waals surface area contributed by atoms with Crippen LogP contribution in [-0.4, -0.2) is 49.1 Å². The minimum atomic E-state index is -4.44. The third kappa shape index (κ3) is 6.37. The largest absolute Gasteiger partial charge is 0.361 e. The van der Waals surface area contributed by atoms with Crippen LogP contribution in [0.3, 0.4) is 0 Å². The van der Waals surface area contributed by atoms with Gasteiger partial charge in [-0.15, -0.1) is 0 Å². The van der Waals surface area contributed by atoms with Gasteiger partial charge in [0.25, 0.3) is 0 Å². The van der Waals surface area contributed by atoms with Crippen molar-refractivity contribution in [2.75, 3.05) is 12.6 Å². The smallest absolute Gasteiger partial charge is 0.344 e. The Morgan fingerprint density at radius 1 is 1.08 bits per heavy atom. The Hall–Kier alpha value is -1.51. The van der Waals surface area contributed by atoms with E-state index in [4.69, 9.17) is 19.6 Å². The van der Waals surface area contributed by atoms with Crippen molar-refractivity contribution in [3.05, 3.63) is 36.0 Å². The average molecular weight is 391 g/mol. The minimum absolute atomic E-state index is 0.0804. The molecule has 25 heavy (non-hydrogen) atoms. The standard InChI is InChI=1S/C13H19N3O7P2/c17-13(16-8-25(21,22)23)12(15-7-24(18,19)20)5-9-6-14-11-4-2-1-3-10(9)11/h1-4,6,12,14-15H,5,7-8H2,(H,16,17)(H2,18,19,20)(H2,21,22,23)/t12-/m0/s1. The summed E-state index contributed by atoms with van der Waals surface area (Å²) in [5.41, 5.74) is 1.56. The highest BCUT2D eigenvalue weighted by molar-refractivity contribution is 7.51. The maximum Gasteiger partial charge on any atom is 0.344 e. The lowest BCUT2D eigenvalue weighted by Crippen LogP contribution is -2.46. The van der Waals surface area contributed by atoms with E-state index in [0.717, 1.165) is 16.5 Å². The van der Waals surface area contributed by atoms with Gasteiger partial charge in [0, 0.05) is 17.1 Å². The molecular weight excluding hydrogens is 372 g/mol. The minimum Gasteiger partial charge on any atom is -0.361 e. The number of carbonyl (C=O) groups is 1. The molecule has 0 aliphatic heterocycles. The summed E-state index contributed by atoms with van der Waals surface area (Å²) >= 11 is 0. The van der Waals surface area contributed by atoms with E-state index in [1.807, 2.05) is 24.3 Å². The van der Waals surface area contributed by atoms with Crippen LogP contribution < -0.4 is 10.6 Å². The van der Waals surface area contributed by atoms with Crippen molar-refractivity contribution >= 4 is 32.0 Å². The summed E-state index contributed by atoms with van der Waals surface area (Å²) in [6.45, 7) is 0. The maximum absolute atomic E-state index is 12.2. The summed E-state index contributed by atoms with van der Waals surface area (Å²) in [5, 5.41) is 5.39. The Morgan fingerprint density at radius 3 is 2.36 bits per heavy atom. The third-order valence-corrected chi connectivity index (χ3v) is 4.58. The van der Waals surface area contributed by atoms with Crippen LogP contribution in [0.2, 0.25) is 0 Å². The second-order valence-electron chi connectivity index (χ2n) is 5.51. The molecule has 2 rings (SSSR count). The van der Waals surface area contributed by atoms with Gasteiger partial charge in [0.15, 0.2) is 0 Å². The third-order valence-electron chi connectivity index (χ3n) is 3.42. The molecule has 0 bridgehead atoms. The van der Waals surface area contributed by atoms with E-state index in [9.17, 15) is 13.9 Å². The monoisotopic (exact) mass is 391 g/mol. The molecule has 10 nitrogen and oxygen atoms in total. The van der Waals surface area contributed by atoms with Gasteiger partial charge in [-0.3, -0.25) is 19.2 Å². The van der Waals surface area contributed by atoms with E-state index >= 15 is 0 Å². The van der Waals surface area contributed by atoms with Crippen LogP contribution in [0, 0.1) is 0 Å². The first-order chi connectivity index (χ1) is 11.6. The molecule has 0 radical (unpaired) electrons. The fourth-order valence-electron chi connectivity index (χ4n) is 2.31. The van der Waals surface area contributed by atoms with Gasteiger partial charge in [-0.1, -0.05) is 18.2 Å². The molecule has 1 aromatic carbocycles. The van der Waals surface area contributed by atoms with Crippen LogP contribution in [-0.2, 0) is 20.3 Å². The topological polar surface area (TPSA) is 172 Å². The number of aromatic nitrogens is 1. The maximum atomic E-state index is 12.2. The lowest BCUT2D eigenvalue weighted by atomic mass is 10.0. The number of benzene rings is 1. The molecule has 1 atom stereocenters. The fraction of sp³-hybridized carbons (Fsp3) is 0.308. The second kappa shape index (κ2) is 7.80. The Bertz CT molecular complexity index is 841. The van der Waals surface area contributed by atoms with Crippen molar-refractivity contribution in [2.24, 2.45) is 0 Å². The van der Waals surface area contributed by atoms with E-state index in [1.165, 1.54) is 0 Å². The SMILES string of the molecule is O=C(NCP(=O)(O)O)[C@H](Cc1c[nH]c2ccccc12)NCP(=O)(O)O.